The molecule has 0 spiro atoms. The number of amides is 2. The molecule has 2 aromatic rings. The number of rotatable bonds is 7. The van der Waals surface area contributed by atoms with Gasteiger partial charge in [0.1, 0.15) is 12.2 Å². The summed E-state index contributed by atoms with van der Waals surface area (Å²) in [6.07, 6.45) is -8.51. The number of ether oxygens (including phenoxy) is 1. The van der Waals surface area contributed by atoms with Crippen molar-refractivity contribution in [1.29, 1.82) is 0 Å². The second kappa shape index (κ2) is 11.6. The second-order valence-electron chi connectivity index (χ2n) is 9.58. The second-order valence-corrected chi connectivity index (χ2v) is 9.58. The Morgan fingerprint density at radius 2 is 1.73 bits per heavy atom. The van der Waals surface area contributed by atoms with Crippen molar-refractivity contribution in [2.24, 2.45) is 0 Å². The van der Waals surface area contributed by atoms with Crippen LogP contribution in [0.5, 0.6) is 0 Å². The summed E-state index contributed by atoms with van der Waals surface area (Å²) < 4.78 is 84.7. The van der Waals surface area contributed by atoms with E-state index in [2.05, 4.69) is 5.32 Å². The van der Waals surface area contributed by atoms with Gasteiger partial charge in [-0.15, -0.1) is 0 Å². The fourth-order valence-electron chi connectivity index (χ4n) is 4.83. The Kier molecular flexibility index (Phi) is 8.49. The lowest BCUT2D eigenvalue weighted by molar-refractivity contribution is -0.507. The number of carbonyl (C=O) groups is 2. The summed E-state index contributed by atoms with van der Waals surface area (Å²) in [5, 5.41) is 13.0. The van der Waals surface area contributed by atoms with Crippen LogP contribution in [0.4, 0.5) is 32.0 Å². The third-order valence-electron chi connectivity index (χ3n) is 6.84. The quantitative estimate of drug-likeness (QED) is 0.427. The molecule has 1 aromatic heterocycles. The number of hydrogen-bond acceptors (Lipinski definition) is 5. The molecule has 0 saturated carbocycles. The van der Waals surface area contributed by atoms with Crippen molar-refractivity contribution in [3.63, 3.8) is 0 Å². The number of alkyl halides is 6. The number of likely N-dealkylation sites (tertiary alicyclic amines) is 1. The molecule has 1 saturated heterocycles. The molecule has 0 bridgehead atoms. The molecular weight excluding hydrogens is 562 g/mol. The van der Waals surface area contributed by atoms with Crippen molar-refractivity contribution in [2.75, 3.05) is 26.3 Å². The number of piperidine rings is 1. The van der Waals surface area contributed by atoms with Gasteiger partial charge in [0.15, 0.2) is 12.3 Å². The number of benzene rings is 1. The molecule has 0 radical (unpaired) electrons. The van der Waals surface area contributed by atoms with Gasteiger partial charge in [-0.05, 0) is 43.5 Å². The third kappa shape index (κ3) is 6.56. The van der Waals surface area contributed by atoms with Crippen molar-refractivity contribution in [3.8, 4) is 5.69 Å². The molecule has 0 unspecified atom stereocenters. The van der Waals surface area contributed by atoms with Gasteiger partial charge in [-0.2, -0.15) is 26.3 Å². The largest absolute Gasteiger partial charge is 0.477 e. The summed E-state index contributed by atoms with van der Waals surface area (Å²) >= 11 is 0. The molecule has 4 rings (SSSR count). The van der Waals surface area contributed by atoms with Crippen LogP contribution in [-0.4, -0.2) is 64.9 Å². The van der Waals surface area contributed by atoms with E-state index >= 15 is 0 Å². The number of nitrogens with two attached hydrogens (primary N) is 1. The minimum atomic E-state index is -4.79. The fraction of sp³-hybridized carbons (Fsp3) is 0.423. The number of nitrogens with one attached hydrogen (secondary N) is 1. The van der Waals surface area contributed by atoms with Crippen LogP contribution >= 0.6 is 0 Å². The van der Waals surface area contributed by atoms with E-state index in [1.807, 2.05) is 0 Å². The molecule has 41 heavy (non-hydrogen) atoms. The van der Waals surface area contributed by atoms with Crippen LogP contribution in [0.25, 0.3) is 11.4 Å². The average Bonchev–Trinajstić information content (AvgIpc) is 3.30. The van der Waals surface area contributed by atoms with E-state index in [9.17, 15) is 40.7 Å². The Balaban J connectivity index is 1.70. The lowest BCUT2D eigenvalue weighted by Gasteiger charge is -2.31. The topological polar surface area (TPSA) is 117 Å². The van der Waals surface area contributed by atoms with Gasteiger partial charge < -0.3 is 20.1 Å². The SMILES string of the molecule is CCc1cc2c(c(=O)n1-c1ccc(C(F)(F)F)cc1)C(OCC(F)(F)F)=C(C(=O)NC1CCN(C(=O)CO)CC1)[NH2+]2. The third-order valence-corrected chi connectivity index (χ3v) is 6.84. The van der Waals surface area contributed by atoms with Crippen molar-refractivity contribution >= 4 is 23.3 Å². The van der Waals surface area contributed by atoms with Crippen LogP contribution in [0.3, 0.4) is 0 Å². The lowest BCUT2D eigenvalue weighted by Crippen LogP contribution is -2.77. The predicted molar refractivity (Wildman–Crippen MR) is 132 cm³/mol. The van der Waals surface area contributed by atoms with Crippen LogP contribution in [0.2, 0.25) is 0 Å². The number of hydrogen-bond donors (Lipinski definition) is 3. The first kappa shape index (κ1) is 30.1. The maximum absolute atomic E-state index is 13.7. The summed E-state index contributed by atoms with van der Waals surface area (Å²) in [5.74, 6) is -1.84. The van der Waals surface area contributed by atoms with E-state index in [-0.39, 0.29) is 42.1 Å². The number of halogens is 6. The number of carbonyl (C=O) groups excluding carboxylic acids is 2. The number of aromatic nitrogens is 1. The zero-order chi connectivity index (χ0) is 30.1. The average molecular weight is 590 g/mol. The smallest absolute Gasteiger partial charge is 0.422 e. The van der Waals surface area contributed by atoms with E-state index in [4.69, 9.17) is 9.84 Å². The molecule has 1 aromatic carbocycles. The van der Waals surface area contributed by atoms with E-state index in [1.54, 1.807) is 6.92 Å². The monoisotopic (exact) mass is 589 g/mol. The molecule has 222 valence electrons. The molecule has 15 heteroatoms. The van der Waals surface area contributed by atoms with Gasteiger partial charge in [0.05, 0.1) is 5.56 Å². The van der Waals surface area contributed by atoms with E-state index in [0.29, 0.717) is 18.5 Å². The van der Waals surface area contributed by atoms with Gasteiger partial charge in [0.2, 0.25) is 17.4 Å². The number of aliphatic hydroxyl groups is 1. The van der Waals surface area contributed by atoms with Crippen molar-refractivity contribution in [1.82, 2.24) is 14.8 Å². The van der Waals surface area contributed by atoms with E-state index in [0.717, 1.165) is 28.8 Å². The van der Waals surface area contributed by atoms with Gasteiger partial charge in [-0.1, -0.05) is 6.92 Å². The normalized spacial score (nSPS) is 16.1. The van der Waals surface area contributed by atoms with Gasteiger partial charge in [0.25, 0.3) is 5.56 Å². The number of quaternary nitrogens is 1. The molecule has 2 aliphatic rings. The molecule has 3 heterocycles. The molecule has 0 atom stereocenters. The summed E-state index contributed by atoms with van der Waals surface area (Å²) in [6, 6.07) is 4.77. The van der Waals surface area contributed by atoms with Gasteiger partial charge in [-0.25, -0.2) is 0 Å². The van der Waals surface area contributed by atoms with E-state index in [1.165, 1.54) is 16.3 Å². The maximum atomic E-state index is 13.7. The first-order valence-electron chi connectivity index (χ1n) is 12.7. The molecule has 4 N–H and O–H groups in total. The zero-order valence-corrected chi connectivity index (χ0v) is 21.7. The van der Waals surface area contributed by atoms with Crippen LogP contribution in [0, 0.1) is 0 Å². The summed E-state index contributed by atoms with van der Waals surface area (Å²) in [7, 11) is 0. The molecule has 9 nitrogen and oxygen atoms in total. The summed E-state index contributed by atoms with van der Waals surface area (Å²) in [4.78, 5) is 40.0. The number of fused-ring (bicyclic) bond motifs is 1. The minimum Gasteiger partial charge on any atom is -0.477 e. The van der Waals surface area contributed by atoms with Crippen molar-refractivity contribution in [2.45, 2.75) is 44.6 Å². The van der Waals surface area contributed by atoms with Crippen LogP contribution in [0.1, 0.15) is 36.6 Å². The Bertz CT molecular complexity index is 1410. The Morgan fingerprint density at radius 3 is 2.27 bits per heavy atom. The highest BCUT2D eigenvalue weighted by atomic mass is 19.4. The minimum absolute atomic E-state index is 0.0555. The molecular formula is C26H27F6N4O5+. The first-order valence-corrected chi connectivity index (χ1v) is 12.7. The number of aryl methyl sites for hydroxylation is 1. The fourth-order valence-corrected chi connectivity index (χ4v) is 4.83. The molecule has 1 fully saturated rings. The maximum Gasteiger partial charge on any atom is 0.422 e. The Morgan fingerprint density at radius 1 is 1.10 bits per heavy atom. The zero-order valence-electron chi connectivity index (χ0n) is 21.7. The highest BCUT2D eigenvalue weighted by Gasteiger charge is 2.40. The Labute approximate surface area is 229 Å². The van der Waals surface area contributed by atoms with Crippen LogP contribution < -0.4 is 16.2 Å². The van der Waals surface area contributed by atoms with Gasteiger partial charge in [-0.3, -0.25) is 24.3 Å². The standard InChI is InChI=1S/C26H26F6N4O5/c1-2-16-11-18-20(24(40)36(16)17-5-3-14(4-6-17)26(30,31)32)22(41-13-25(27,28)29)21(34-18)23(39)33-15-7-9-35(10-8-15)19(38)12-37/h3-6,11,15,34,37H,2,7-10,12-13H2,1H3,(H,33,39)/p+1. The van der Waals surface area contributed by atoms with Crippen LogP contribution in [0.15, 0.2) is 40.8 Å². The highest BCUT2D eigenvalue weighted by Crippen LogP contribution is 2.32. The molecule has 0 aliphatic carbocycles. The van der Waals surface area contributed by atoms with Gasteiger partial charge in [0, 0.05) is 36.6 Å². The Hall–Kier alpha value is -3.85. The summed E-state index contributed by atoms with van der Waals surface area (Å²) in [6.45, 7) is -0.248. The van der Waals surface area contributed by atoms with Crippen molar-refractivity contribution < 1.29 is 51.1 Å². The highest BCUT2D eigenvalue weighted by molar-refractivity contribution is 6.00. The number of pyridine rings is 1. The van der Waals surface area contributed by atoms with Crippen molar-refractivity contribution in [3.05, 3.63) is 63.2 Å². The van der Waals surface area contributed by atoms with E-state index < -0.39 is 60.3 Å². The molecule has 2 aliphatic heterocycles. The predicted octanol–water partition coefficient (Wildman–Crippen LogP) is 1.97. The number of nitrogens with zero attached hydrogens (tertiary/aromatic N) is 2. The lowest BCUT2D eigenvalue weighted by atomic mass is 10.0. The molecule has 2 amide bonds. The number of aliphatic hydroxyl groups excluding tert-OH is 1. The first-order chi connectivity index (χ1) is 19.2. The van der Waals surface area contributed by atoms with Crippen LogP contribution in [-0.2, 0) is 26.9 Å². The van der Waals surface area contributed by atoms with Gasteiger partial charge >= 0.3 is 18.3 Å². The summed E-state index contributed by atoms with van der Waals surface area (Å²) in [5.41, 5.74) is -1.88.